The summed E-state index contributed by atoms with van der Waals surface area (Å²) in [5, 5.41) is 12.3. The van der Waals surface area contributed by atoms with Crippen LogP contribution in [0.1, 0.15) is 44.1 Å². The van der Waals surface area contributed by atoms with Crippen molar-refractivity contribution >= 4 is 5.69 Å². The van der Waals surface area contributed by atoms with Crippen molar-refractivity contribution in [1.82, 2.24) is 0 Å². The van der Waals surface area contributed by atoms with Crippen LogP contribution in [0.15, 0.2) is 18.2 Å². The Morgan fingerprint density at radius 3 is 2.53 bits per heavy atom. The number of nitriles is 1. The molecular weight excluding hydrogens is 215 g/mol. The fourth-order valence-corrected chi connectivity index (χ4v) is 2.38. The van der Waals surface area contributed by atoms with Crippen molar-refractivity contribution in [1.29, 1.82) is 5.26 Å². The van der Waals surface area contributed by atoms with E-state index in [1.807, 2.05) is 6.07 Å². The van der Waals surface area contributed by atoms with Crippen LogP contribution in [-0.4, -0.2) is 6.04 Å². The van der Waals surface area contributed by atoms with Gasteiger partial charge in [0.15, 0.2) is 0 Å². The van der Waals surface area contributed by atoms with E-state index in [1.54, 1.807) is 6.07 Å². The Bertz CT molecular complexity index is 415. The Kier molecular flexibility index (Phi) is 3.98. The van der Waals surface area contributed by atoms with Gasteiger partial charge in [0, 0.05) is 6.04 Å². The number of hydrogen-bond donors (Lipinski definition) is 1. The average molecular weight is 232 g/mol. The van der Waals surface area contributed by atoms with Crippen LogP contribution in [0.4, 0.5) is 10.1 Å². The first-order valence-corrected chi connectivity index (χ1v) is 6.26. The molecule has 1 N–H and O–H groups in total. The lowest BCUT2D eigenvalue weighted by Gasteiger charge is -2.18. The summed E-state index contributed by atoms with van der Waals surface area (Å²) in [5.74, 6) is -0.354. The van der Waals surface area contributed by atoms with Crippen LogP contribution >= 0.6 is 0 Å². The Hall–Kier alpha value is -1.56. The number of rotatable bonds is 2. The van der Waals surface area contributed by atoms with E-state index in [0.717, 1.165) is 18.5 Å². The maximum absolute atomic E-state index is 13.0. The molecule has 0 amide bonds. The lowest BCUT2D eigenvalue weighted by atomic mass is 10.1. The zero-order valence-corrected chi connectivity index (χ0v) is 9.88. The monoisotopic (exact) mass is 232 g/mol. The van der Waals surface area contributed by atoms with Crippen LogP contribution in [0.2, 0.25) is 0 Å². The molecule has 1 aromatic rings. The third-order valence-corrected chi connectivity index (χ3v) is 3.32. The number of halogens is 1. The van der Waals surface area contributed by atoms with Gasteiger partial charge in [0.2, 0.25) is 0 Å². The van der Waals surface area contributed by atoms with Gasteiger partial charge in [-0.25, -0.2) is 4.39 Å². The van der Waals surface area contributed by atoms with Crippen LogP contribution in [0.3, 0.4) is 0 Å². The molecule has 0 atom stereocenters. The molecule has 0 aliphatic heterocycles. The van der Waals surface area contributed by atoms with Crippen molar-refractivity contribution in [3.63, 3.8) is 0 Å². The summed E-state index contributed by atoms with van der Waals surface area (Å²) < 4.78 is 13.0. The van der Waals surface area contributed by atoms with Gasteiger partial charge in [-0.1, -0.05) is 25.7 Å². The van der Waals surface area contributed by atoms with Gasteiger partial charge < -0.3 is 5.32 Å². The van der Waals surface area contributed by atoms with Crippen molar-refractivity contribution in [2.75, 3.05) is 5.32 Å². The van der Waals surface area contributed by atoms with Crippen LogP contribution in [0, 0.1) is 17.1 Å². The van der Waals surface area contributed by atoms with Gasteiger partial charge in [-0.05, 0) is 31.0 Å². The Labute approximate surface area is 101 Å². The van der Waals surface area contributed by atoms with Crippen molar-refractivity contribution in [3.8, 4) is 6.07 Å². The highest BCUT2D eigenvalue weighted by Gasteiger charge is 2.13. The van der Waals surface area contributed by atoms with Gasteiger partial charge in [0.05, 0.1) is 11.3 Å². The summed E-state index contributed by atoms with van der Waals surface area (Å²) in [6.45, 7) is 0. The second kappa shape index (κ2) is 5.67. The second-order valence-electron chi connectivity index (χ2n) is 4.63. The Balaban J connectivity index is 2.09. The molecule has 2 rings (SSSR count). The maximum Gasteiger partial charge on any atom is 0.124 e. The van der Waals surface area contributed by atoms with E-state index in [2.05, 4.69) is 5.32 Å². The van der Waals surface area contributed by atoms with Crippen molar-refractivity contribution in [2.24, 2.45) is 0 Å². The first-order valence-electron chi connectivity index (χ1n) is 6.26. The van der Waals surface area contributed by atoms with E-state index in [1.165, 1.54) is 37.8 Å². The molecule has 1 aliphatic rings. The predicted octanol–water partition coefficient (Wildman–Crippen LogP) is 3.83. The molecule has 0 radical (unpaired) electrons. The summed E-state index contributed by atoms with van der Waals surface area (Å²) in [4.78, 5) is 0. The maximum atomic E-state index is 13.0. The van der Waals surface area contributed by atoms with Crippen LogP contribution < -0.4 is 5.32 Å². The Morgan fingerprint density at radius 2 is 1.88 bits per heavy atom. The van der Waals surface area contributed by atoms with E-state index in [4.69, 9.17) is 5.26 Å². The topological polar surface area (TPSA) is 35.8 Å². The van der Waals surface area contributed by atoms with E-state index in [-0.39, 0.29) is 5.82 Å². The summed E-state index contributed by atoms with van der Waals surface area (Å²) in [7, 11) is 0. The Morgan fingerprint density at radius 1 is 1.18 bits per heavy atom. The first kappa shape index (κ1) is 11.9. The minimum Gasteiger partial charge on any atom is -0.381 e. The molecule has 1 fully saturated rings. The molecule has 0 unspecified atom stereocenters. The summed E-state index contributed by atoms with van der Waals surface area (Å²) in [6.07, 6.45) is 7.35. The van der Waals surface area contributed by atoms with Gasteiger partial charge in [-0.2, -0.15) is 5.26 Å². The van der Waals surface area contributed by atoms with Crippen molar-refractivity contribution < 1.29 is 4.39 Å². The van der Waals surface area contributed by atoms with Crippen LogP contribution in [-0.2, 0) is 0 Å². The number of hydrogen-bond acceptors (Lipinski definition) is 2. The standard InChI is InChI=1S/C14H17FN2/c15-12-7-8-14(11(9-12)10-16)17-13-5-3-1-2-4-6-13/h7-9,13,17H,1-6H2. The van der Waals surface area contributed by atoms with E-state index >= 15 is 0 Å². The third-order valence-electron chi connectivity index (χ3n) is 3.32. The fourth-order valence-electron chi connectivity index (χ4n) is 2.38. The van der Waals surface area contributed by atoms with E-state index < -0.39 is 0 Å². The molecule has 17 heavy (non-hydrogen) atoms. The largest absolute Gasteiger partial charge is 0.381 e. The highest BCUT2D eigenvalue weighted by atomic mass is 19.1. The summed E-state index contributed by atoms with van der Waals surface area (Å²) in [6, 6.07) is 6.82. The molecule has 2 nitrogen and oxygen atoms in total. The highest BCUT2D eigenvalue weighted by molar-refractivity contribution is 5.57. The fraction of sp³-hybridized carbons (Fsp3) is 0.500. The van der Waals surface area contributed by atoms with Gasteiger partial charge in [0.25, 0.3) is 0 Å². The molecule has 0 saturated heterocycles. The van der Waals surface area contributed by atoms with E-state index in [0.29, 0.717) is 11.6 Å². The molecule has 0 heterocycles. The molecule has 1 aliphatic carbocycles. The lowest BCUT2D eigenvalue weighted by molar-refractivity contribution is 0.616. The second-order valence-corrected chi connectivity index (χ2v) is 4.63. The number of nitrogens with one attached hydrogen (secondary N) is 1. The minimum atomic E-state index is -0.354. The molecule has 0 bridgehead atoms. The normalized spacial score (nSPS) is 17.2. The van der Waals surface area contributed by atoms with Crippen molar-refractivity contribution in [3.05, 3.63) is 29.6 Å². The molecule has 0 aromatic heterocycles. The third kappa shape index (κ3) is 3.20. The highest BCUT2D eigenvalue weighted by Crippen LogP contribution is 2.23. The number of benzene rings is 1. The van der Waals surface area contributed by atoms with Gasteiger partial charge in [-0.3, -0.25) is 0 Å². The lowest BCUT2D eigenvalue weighted by Crippen LogP contribution is -2.18. The van der Waals surface area contributed by atoms with E-state index in [9.17, 15) is 4.39 Å². The van der Waals surface area contributed by atoms with Crippen LogP contribution in [0.5, 0.6) is 0 Å². The summed E-state index contributed by atoms with van der Waals surface area (Å²) in [5.41, 5.74) is 1.16. The van der Waals surface area contributed by atoms with Crippen LogP contribution in [0.25, 0.3) is 0 Å². The molecule has 1 saturated carbocycles. The molecule has 90 valence electrons. The first-order chi connectivity index (χ1) is 8.29. The zero-order valence-electron chi connectivity index (χ0n) is 9.88. The molecular formula is C14H17FN2. The number of nitrogens with zero attached hydrogens (tertiary/aromatic N) is 1. The van der Waals surface area contributed by atoms with Gasteiger partial charge in [0.1, 0.15) is 11.9 Å². The number of anilines is 1. The molecule has 3 heteroatoms. The molecule has 0 spiro atoms. The quantitative estimate of drug-likeness (QED) is 0.786. The minimum absolute atomic E-state index is 0.354. The average Bonchev–Trinajstić information content (AvgIpc) is 2.60. The van der Waals surface area contributed by atoms with Gasteiger partial charge in [-0.15, -0.1) is 0 Å². The smallest absolute Gasteiger partial charge is 0.124 e. The molecule has 1 aromatic carbocycles. The van der Waals surface area contributed by atoms with Gasteiger partial charge >= 0.3 is 0 Å². The zero-order chi connectivity index (χ0) is 12.1. The predicted molar refractivity (Wildman–Crippen MR) is 66.2 cm³/mol. The van der Waals surface area contributed by atoms with Crippen molar-refractivity contribution in [2.45, 2.75) is 44.6 Å². The summed E-state index contributed by atoms with van der Waals surface area (Å²) >= 11 is 0. The SMILES string of the molecule is N#Cc1cc(F)ccc1NC1CCCCCC1.